The lowest BCUT2D eigenvalue weighted by Gasteiger charge is -2.02. The van der Waals surface area contributed by atoms with E-state index >= 15 is 0 Å². The Hall–Kier alpha value is -0.460. The number of hydrogen-bond donors (Lipinski definition) is 1. The van der Waals surface area contributed by atoms with Crippen LogP contribution < -0.4 is 5.73 Å². The van der Waals surface area contributed by atoms with E-state index in [0.29, 0.717) is 5.92 Å². The highest BCUT2D eigenvalue weighted by atomic mass is 14.5. The van der Waals surface area contributed by atoms with Crippen molar-refractivity contribution in [2.75, 3.05) is 0 Å². The van der Waals surface area contributed by atoms with Crippen molar-refractivity contribution in [3.05, 3.63) is 12.3 Å². The summed E-state index contributed by atoms with van der Waals surface area (Å²) in [5, 5.41) is 0. The van der Waals surface area contributed by atoms with Crippen LogP contribution >= 0.6 is 0 Å². The molecule has 0 heterocycles. The molecule has 0 saturated carbocycles. The maximum atomic E-state index is 5.20. The van der Waals surface area contributed by atoms with E-state index < -0.39 is 0 Å². The second-order valence-electron chi connectivity index (χ2n) is 1.96. The molecule has 0 aliphatic heterocycles. The highest BCUT2D eigenvalue weighted by Crippen LogP contribution is 2.06. The predicted octanol–water partition coefficient (Wildman–Crippen LogP) is 1.90. The van der Waals surface area contributed by atoms with Crippen LogP contribution in [-0.2, 0) is 0 Å². The van der Waals surface area contributed by atoms with Gasteiger partial charge in [-0.3, -0.25) is 0 Å². The summed E-state index contributed by atoms with van der Waals surface area (Å²) in [5.41, 5.74) is 5.20. The lowest BCUT2D eigenvalue weighted by Crippen LogP contribution is -1.91. The van der Waals surface area contributed by atoms with Crippen molar-refractivity contribution >= 4 is 0 Å². The molecule has 48 valence electrons. The second kappa shape index (κ2) is 4.69. The van der Waals surface area contributed by atoms with Gasteiger partial charge < -0.3 is 5.73 Å². The van der Waals surface area contributed by atoms with Crippen LogP contribution in [0.2, 0.25) is 0 Å². The summed E-state index contributed by atoms with van der Waals surface area (Å²) in [5.74, 6) is 0.694. The van der Waals surface area contributed by atoms with Gasteiger partial charge in [0.05, 0.1) is 0 Å². The van der Waals surface area contributed by atoms with Crippen LogP contribution in [0.4, 0.5) is 0 Å². The van der Waals surface area contributed by atoms with E-state index in [2.05, 4.69) is 19.9 Å². The molecule has 0 fully saturated rings. The van der Waals surface area contributed by atoms with Gasteiger partial charge >= 0.3 is 0 Å². The Balaban J connectivity index is 3.36. The van der Waals surface area contributed by atoms with E-state index in [1.807, 2.05) is 0 Å². The van der Waals surface area contributed by atoms with Gasteiger partial charge in [0.15, 0.2) is 0 Å². The molecule has 0 aliphatic rings. The van der Waals surface area contributed by atoms with Gasteiger partial charge in [-0.1, -0.05) is 19.9 Å². The van der Waals surface area contributed by atoms with Gasteiger partial charge in [0.25, 0.3) is 0 Å². The number of hydrogen-bond acceptors (Lipinski definition) is 1. The van der Waals surface area contributed by atoms with Crippen LogP contribution in [0.5, 0.6) is 0 Å². The van der Waals surface area contributed by atoms with Crippen molar-refractivity contribution in [3.8, 4) is 0 Å². The van der Waals surface area contributed by atoms with Gasteiger partial charge in [-0.2, -0.15) is 0 Å². The Morgan fingerprint density at radius 3 is 2.00 bits per heavy atom. The van der Waals surface area contributed by atoms with Gasteiger partial charge in [-0.15, -0.1) is 0 Å². The van der Waals surface area contributed by atoms with Crippen LogP contribution in [0.1, 0.15) is 26.7 Å². The van der Waals surface area contributed by atoms with Gasteiger partial charge in [-0.25, -0.2) is 0 Å². The summed E-state index contributed by atoms with van der Waals surface area (Å²) in [6, 6.07) is 0. The van der Waals surface area contributed by atoms with Gasteiger partial charge in [0.1, 0.15) is 0 Å². The maximum Gasteiger partial charge on any atom is -0.0100 e. The van der Waals surface area contributed by atoms with Gasteiger partial charge in [-0.05, 0) is 25.0 Å². The fourth-order valence-electron chi connectivity index (χ4n) is 0.718. The molecule has 0 rings (SSSR count). The normalized spacial score (nSPS) is 11.4. The summed E-state index contributed by atoms with van der Waals surface area (Å²) >= 11 is 0. The van der Waals surface area contributed by atoms with E-state index in [4.69, 9.17) is 5.73 Å². The minimum absolute atomic E-state index is 0.694. The van der Waals surface area contributed by atoms with Crippen molar-refractivity contribution in [1.82, 2.24) is 0 Å². The van der Waals surface area contributed by atoms with E-state index in [1.54, 1.807) is 6.20 Å². The summed E-state index contributed by atoms with van der Waals surface area (Å²) in [4.78, 5) is 0. The third kappa shape index (κ3) is 2.67. The van der Waals surface area contributed by atoms with Crippen molar-refractivity contribution in [2.45, 2.75) is 26.7 Å². The Morgan fingerprint density at radius 1 is 1.38 bits per heavy atom. The SMILES string of the molecule is CCC(/C=C\N)CC. The molecule has 0 atom stereocenters. The zero-order chi connectivity index (χ0) is 6.41. The van der Waals surface area contributed by atoms with Crippen molar-refractivity contribution < 1.29 is 0 Å². The Labute approximate surface area is 51.6 Å². The summed E-state index contributed by atoms with van der Waals surface area (Å²) < 4.78 is 0. The molecule has 0 aliphatic carbocycles. The first-order chi connectivity index (χ1) is 3.85. The van der Waals surface area contributed by atoms with Crippen molar-refractivity contribution in [1.29, 1.82) is 0 Å². The highest BCUT2D eigenvalue weighted by Gasteiger charge is 1.93. The molecule has 0 bridgehead atoms. The zero-order valence-corrected chi connectivity index (χ0v) is 5.72. The molecule has 0 amide bonds. The molecule has 0 radical (unpaired) electrons. The molecule has 2 N–H and O–H groups in total. The molecule has 0 aromatic carbocycles. The molecule has 1 nitrogen and oxygen atoms in total. The molecular weight excluding hydrogens is 98.1 g/mol. The topological polar surface area (TPSA) is 26.0 Å². The first kappa shape index (κ1) is 7.54. The smallest absolute Gasteiger partial charge is 0.0100 e. The van der Waals surface area contributed by atoms with Gasteiger partial charge in [0.2, 0.25) is 0 Å². The van der Waals surface area contributed by atoms with Crippen LogP contribution in [0.25, 0.3) is 0 Å². The molecule has 0 saturated heterocycles. The average molecular weight is 113 g/mol. The lowest BCUT2D eigenvalue weighted by atomic mass is 10.0. The highest BCUT2D eigenvalue weighted by molar-refractivity contribution is 4.82. The Kier molecular flexibility index (Phi) is 4.42. The standard InChI is InChI=1S/C7H15N/c1-3-7(4-2)5-6-8/h5-7H,3-4,8H2,1-2H3/b6-5-. The van der Waals surface area contributed by atoms with E-state index in [1.165, 1.54) is 12.8 Å². The predicted molar refractivity (Wildman–Crippen MR) is 37.4 cm³/mol. The second-order valence-corrected chi connectivity index (χ2v) is 1.96. The molecular formula is C7H15N. The van der Waals surface area contributed by atoms with Crippen LogP contribution in [-0.4, -0.2) is 0 Å². The van der Waals surface area contributed by atoms with E-state index in [9.17, 15) is 0 Å². The first-order valence-corrected chi connectivity index (χ1v) is 3.23. The fraction of sp³-hybridized carbons (Fsp3) is 0.714. The largest absolute Gasteiger partial charge is 0.405 e. The minimum Gasteiger partial charge on any atom is -0.405 e. The van der Waals surface area contributed by atoms with Crippen molar-refractivity contribution in [2.24, 2.45) is 11.7 Å². The maximum absolute atomic E-state index is 5.20. The molecule has 0 aromatic rings. The third-order valence-electron chi connectivity index (χ3n) is 1.43. The van der Waals surface area contributed by atoms with Crippen LogP contribution in [0.3, 0.4) is 0 Å². The zero-order valence-electron chi connectivity index (χ0n) is 5.72. The third-order valence-corrected chi connectivity index (χ3v) is 1.43. The quantitative estimate of drug-likeness (QED) is 0.594. The van der Waals surface area contributed by atoms with E-state index in [-0.39, 0.29) is 0 Å². The lowest BCUT2D eigenvalue weighted by molar-refractivity contribution is 0.605. The number of allylic oxidation sites excluding steroid dienone is 1. The molecule has 0 aromatic heterocycles. The van der Waals surface area contributed by atoms with E-state index in [0.717, 1.165) is 0 Å². The molecule has 0 spiro atoms. The van der Waals surface area contributed by atoms with Crippen LogP contribution in [0, 0.1) is 5.92 Å². The molecule has 8 heavy (non-hydrogen) atoms. The van der Waals surface area contributed by atoms with Crippen LogP contribution in [0.15, 0.2) is 12.3 Å². The Morgan fingerprint density at radius 2 is 1.88 bits per heavy atom. The fourth-order valence-corrected chi connectivity index (χ4v) is 0.718. The van der Waals surface area contributed by atoms with Gasteiger partial charge in [0, 0.05) is 0 Å². The first-order valence-electron chi connectivity index (χ1n) is 3.23. The molecule has 0 unspecified atom stereocenters. The average Bonchev–Trinajstić information content (AvgIpc) is 1.83. The number of rotatable bonds is 3. The summed E-state index contributed by atoms with van der Waals surface area (Å²) in [6.07, 6.45) is 6.09. The Bertz CT molecular complexity index is 62.8. The monoisotopic (exact) mass is 113 g/mol. The minimum atomic E-state index is 0.694. The molecule has 1 heteroatoms. The van der Waals surface area contributed by atoms with Crippen molar-refractivity contribution in [3.63, 3.8) is 0 Å². The summed E-state index contributed by atoms with van der Waals surface area (Å²) in [6.45, 7) is 4.35. The number of nitrogens with two attached hydrogens (primary N) is 1. The summed E-state index contributed by atoms with van der Waals surface area (Å²) in [7, 11) is 0.